The van der Waals surface area contributed by atoms with Crippen LogP contribution in [0.3, 0.4) is 0 Å². The fraction of sp³-hybridized carbons (Fsp3) is 0.125. The second-order valence-corrected chi connectivity index (χ2v) is 5.11. The molecule has 0 spiro atoms. The molecule has 0 amide bonds. The lowest BCUT2D eigenvalue weighted by Crippen LogP contribution is -2.25. The maximum absolute atomic E-state index is 11.5. The number of hydrogen-bond acceptors (Lipinski definition) is 3. The Balaban J connectivity index is 2.65. The highest BCUT2D eigenvalue weighted by molar-refractivity contribution is 8.13. The van der Waals surface area contributed by atoms with Gasteiger partial charge in [-0.05, 0) is 18.0 Å². The van der Waals surface area contributed by atoms with Crippen LogP contribution in [-0.2, 0) is 10.2 Å². The van der Waals surface area contributed by atoms with E-state index in [1.807, 2.05) is 12.1 Å². The average molecular weight is 228 g/mol. The average Bonchev–Trinajstić information content (AvgIpc) is 2.17. The van der Waals surface area contributed by atoms with Crippen LogP contribution < -0.4 is 3.71 Å². The van der Waals surface area contributed by atoms with Gasteiger partial charge in [0.15, 0.2) is 0 Å². The third-order valence-electron chi connectivity index (χ3n) is 1.83. The monoisotopic (exact) mass is 228 g/mol. The molecule has 14 heavy (non-hydrogen) atoms. The predicted octanol–water partition coefficient (Wildman–Crippen LogP) is 1.45. The largest absolute Gasteiger partial charge is 0.354 e. The number of benzene rings is 1. The van der Waals surface area contributed by atoms with Crippen LogP contribution in [0.25, 0.3) is 0 Å². The van der Waals surface area contributed by atoms with E-state index in [0.29, 0.717) is 5.69 Å². The smallest absolute Gasteiger partial charge is 0.193 e. The Morgan fingerprint density at radius 3 is 2.79 bits per heavy atom. The van der Waals surface area contributed by atoms with E-state index < -0.39 is 10.2 Å². The first-order valence-corrected chi connectivity index (χ1v) is 6.47. The molecule has 0 aromatic heterocycles. The SMILES string of the molecule is CSN1c2ccccc2C=NS1(=O)=O. The highest BCUT2D eigenvalue weighted by Gasteiger charge is 2.25. The van der Waals surface area contributed by atoms with Crippen LogP contribution in [0.4, 0.5) is 5.69 Å². The number of fused-ring (bicyclic) bond motifs is 1. The lowest BCUT2D eigenvalue weighted by Gasteiger charge is -2.22. The molecule has 1 aliphatic heterocycles. The predicted molar refractivity (Wildman–Crippen MR) is 58.9 cm³/mol. The molecule has 4 nitrogen and oxygen atoms in total. The molecule has 0 aliphatic carbocycles. The van der Waals surface area contributed by atoms with Gasteiger partial charge in [0.05, 0.1) is 11.9 Å². The van der Waals surface area contributed by atoms with Crippen molar-refractivity contribution in [2.75, 3.05) is 9.97 Å². The summed E-state index contributed by atoms with van der Waals surface area (Å²) in [5.41, 5.74) is 1.48. The maximum Gasteiger partial charge on any atom is 0.354 e. The van der Waals surface area contributed by atoms with Gasteiger partial charge in [0.25, 0.3) is 0 Å². The molecule has 0 radical (unpaired) electrons. The molecule has 0 bridgehead atoms. The lowest BCUT2D eigenvalue weighted by molar-refractivity contribution is 0.600. The van der Waals surface area contributed by atoms with E-state index in [4.69, 9.17) is 0 Å². The first-order chi connectivity index (χ1) is 6.65. The Bertz CT molecular complexity index is 482. The van der Waals surface area contributed by atoms with Gasteiger partial charge in [-0.1, -0.05) is 18.2 Å². The summed E-state index contributed by atoms with van der Waals surface area (Å²) in [6.45, 7) is 0. The van der Waals surface area contributed by atoms with Crippen molar-refractivity contribution in [2.45, 2.75) is 0 Å². The molecule has 1 aliphatic rings. The van der Waals surface area contributed by atoms with Crippen molar-refractivity contribution in [1.29, 1.82) is 0 Å². The van der Waals surface area contributed by atoms with E-state index in [0.717, 1.165) is 17.5 Å². The van der Waals surface area contributed by atoms with Crippen LogP contribution in [0.15, 0.2) is 28.7 Å². The first kappa shape index (κ1) is 9.54. The van der Waals surface area contributed by atoms with E-state index in [2.05, 4.69) is 4.40 Å². The molecule has 0 atom stereocenters. The minimum Gasteiger partial charge on any atom is -0.193 e. The van der Waals surface area contributed by atoms with Gasteiger partial charge < -0.3 is 0 Å². The van der Waals surface area contributed by atoms with Gasteiger partial charge in [-0.15, -0.1) is 0 Å². The summed E-state index contributed by atoms with van der Waals surface area (Å²) in [5.74, 6) is 0. The highest BCUT2D eigenvalue weighted by atomic mass is 32.3. The summed E-state index contributed by atoms with van der Waals surface area (Å²) in [6.07, 6.45) is 3.08. The van der Waals surface area contributed by atoms with Crippen molar-refractivity contribution >= 4 is 34.1 Å². The molecule has 6 heteroatoms. The zero-order valence-electron chi connectivity index (χ0n) is 7.41. The fourth-order valence-electron chi connectivity index (χ4n) is 1.25. The van der Waals surface area contributed by atoms with Crippen LogP contribution in [-0.4, -0.2) is 20.9 Å². The Hall–Kier alpha value is -1.01. The topological polar surface area (TPSA) is 49.7 Å². The zero-order valence-corrected chi connectivity index (χ0v) is 9.05. The minimum atomic E-state index is -3.52. The van der Waals surface area contributed by atoms with Crippen LogP contribution in [0.1, 0.15) is 5.56 Å². The van der Waals surface area contributed by atoms with Crippen molar-refractivity contribution in [3.05, 3.63) is 29.8 Å². The second-order valence-electron chi connectivity index (χ2n) is 2.68. The summed E-state index contributed by atoms with van der Waals surface area (Å²) >= 11 is 1.13. The van der Waals surface area contributed by atoms with E-state index in [1.165, 1.54) is 9.93 Å². The number of para-hydroxylation sites is 1. The van der Waals surface area contributed by atoms with Crippen molar-refractivity contribution in [1.82, 2.24) is 0 Å². The number of anilines is 1. The fourth-order valence-corrected chi connectivity index (χ4v) is 3.23. The Kier molecular flexibility index (Phi) is 2.24. The molecule has 1 aromatic carbocycles. The van der Waals surface area contributed by atoms with Gasteiger partial charge in [0.2, 0.25) is 0 Å². The maximum atomic E-state index is 11.5. The summed E-state index contributed by atoms with van der Waals surface area (Å²) in [6, 6.07) is 7.24. The van der Waals surface area contributed by atoms with E-state index in [9.17, 15) is 8.42 Å². The molecule has 0 N–H and O–H groups in total. The van der Waals surface area contributed by atoms with Crippen molar-refractivity contribution in [2.24, 2.45) is 4.40 Å². The quantitative estimate of drug-likeness (QED) is 0.683. The van der Waals surface area contributed by atoms with E-state index in [-0.39, 0.29) is 0 Å². The Morgan fingerprint density at radius 1 is 1.36 bits per heavy atom. The first-order valence-electron chi connectivity index (χ1n) is 3.89. The van der Waals surface area contributed by atoms with Gasteiger partial charge in [0.1, 0.15) is 0 Å². The molecular weight excluding hydrogens is 220 g/mol. The van der Waals surface area contributed by atoms with Crippen molar-refractivity contribution in [3.63, 3.8) is 0 Å². The Morgan fingerprint density at radius 2 is 2.07 bits per heavy atom. The standard InChI is InChI=1S/C8H8N2O2S2/c1-13-10-8-5-3-2-4-7(8)6-9-14(10,11)12/h2-6H,1H3. The third kappa shape index (κ3) is 1.40. The zero-order chi connectivity index (χ0) is 10.2. The number of hydrogen-bond donors (Lipinski definition) is 0. The Labute approximate surface area is 87.0 Å². The van der Waals surface area contributed by atoms with Gasteiger partial charge in [0, 0.05) is 11.8 Å². The molecule has 1 aromatic rings. The van der Waals surface area contributed by atoms with Crippen LogP contribution in [0, 0.1) is 0 Å². The van der Waals surface area contributed by atoms with E-state index >= 15 is 0 Å². The molecule has 0 saturated carbocycles. The minimum absolute atomic E-state index is 0.662. The van der Waals surface area contributed by atoms with Crippen LogP contribution in [0.2, 0.25) is 0 Å². The van der Waals surface area contributed by atoms with Crippen LogP contribution >= 0.6 is 11.9 Å². The molecule has 2 rings (SSSR count). The molecule has 74 valence electrons. The van der Waals surface area contributed by atoms with E-state index in [1.54, 1.807) is 18.4 Å². The molecule has 1 heterocycles. The molecule has 0 fully saturated rings. The lowest BCUT2D eigenvalue weighted by atomic mass is 10.2. The summed E-state index contributed by atoms with van der Waals surface area (Å²) in [4.78, 5) is 0. The van der Waals surface area contributed by atoms with Gasteiger partial charge in [-0.2, -0.15) is 16.5 Å². The summed E-state index contributed by atoms with van der Waals surface area (Å²) in [7, 11) is -3.52. The van der Waals surface area contributed by atoms with Gasteiger partial charge in [-0.3, -0.25) is 0 Å². The van der Waals surface area contributed by atoms with Gasteiger partial charge in [-0.25, -0.2) is 0 Å². The molecule has 0 unspecified atom stereocenters. The van der Waals surface area contributed by atoms with Gasteiger partial charge >= 0.3 is 10.2 Å². The van der Waals surface area contributed by atoms with Crippen molar-refractivity contribution in [3.8, 4) is 0 Å². The number of rotatable bonds is 1. The normalized spacial score (nSPS) is 17.9. The van der Waals surface area contributed by atoms with Crippen LogP contribution in [0.5, 0.6) is 0 Å². The third-order valence-corrected chi connectivity index (χ3v) is 4.36. The highest BCUT2D eigenvalue weighted by Crippen LogP contribution is 2.31. The second kappa shape index (κ2) is 3.29. The van der Waals surface area contributed by atoms with Crippen molar-refractivity contribution < 1.29 is 8.42 Å². The summed E-state index contributed by atoms with van der Waals surface area (Å²) < 4.78 is 27.7. The number of nitrogens with zero attached hydrogens (tertiary/aromatic N) is 2. The summed E-state index contributed by atoms with van der Waals surface area (Å²) in [5, 5.41) is 0. The molecule has 0 saturated heterocycles. The molecular formula is C8H8N2O2S2.